The number of aromatic nitrogens is 3. The first-order chi connectivity index (χ1) is 12.8. The number of Topliss-reactive ketones (excluding diaryl/α,β-unsaturated/α-hetero) is 1. The van der Waals surface area contributed by atoms with Crippen molar-refractivity contribution in [2.75, 3.05) is 0 Å². The Morgan fingerprint density at radius 1 is 1.19 bits per heavy atom. The molecule has 0 aliphatic carbocycles. The van der Waals surface area contributed by atoms with Gasteiger partial charge in [-0.2, -0.15) is 0 Å². The summed E-state index contributed by atoms with van der Waals surface area (Å²) >= 11 is 3.11. The van der Waals surface area contributed by atoms with Crippen LogP contribution in [0.1, 0.15) is 50.5 Å². The van der Waals surface area contributed by atoms with Gasteiger partial charge in [0, 0.05) is 12.1 Å². The van der Waals surface area contributed by atoms with Gasteiger partial charge in [-0.15, -0.1) is 21.5 Å². The molecule has 6 heteroatoms. The highest BCUT2D eigenvalue weighted by Gasteiger charge is 2.22. The second-order valence-corrected chi connectivity index (χ2v) is 9.74. The van der Waals surface area contributed by atoms with Crippen molar-refractivity contribution in [2.24, 2.45) is 0 Å². The topological polar surface area (TPSA) is 47.8 Å². The molecule has 27 heavy (non-hydrogen) atoms. The third kappa shape index (κ3) is 4.33. The molecule has 0 N–H and O–H groups in total. The summed E-state index contributed by atoms with van der Waals surface area (Å²) in [7, 11) is 0. The molecule has 2 aromatic heterocycles. The third-order valence-corrected chi connectivity index (χ3v) is 6.41. The molecule has 0 saturated heterocycles. The Bertz CT molecular complexity index is 906. The van der Waals surface area contributed by atoms with E-state index in [0.717, 1.165) is 28.0 Å². The standard InChI is InChI=1S/C21H25N3OS2/c1-6-24-19(17-8-7-13-26-17)22-23-20(24)27-14(2)18(25)15-9-11-16(12-10-15)21(3,4)5/h7-14H,6H2,1-5H3/t14-/m0/s1. The fraction of sp³-hybridized carbons (Fsp3) is 0.381. The van der Waals surface area contributed by atoms with Gasteiger partial charge in [0.05, 0.1) is 10.1 Å². The molecule has 0 fully saturated rings. The fourth-order valence-corrected chi connectivity index (χ4v) is 4.54. The highest BCUT2D eigenvalue weighted by Crippen LogP contribution is 2.30. The van der Waals surface area contributed by atoms with Crippen molar-refractivity contribution in [3.05, 3.63) is 52.9 Å². The second kappa shape index (κ2) is 7.98. The first-order valence-electron chi connectivity index (χ1n) is 9.09. The van der Waals surface area contributed by atoms with E-state index < -0.39 is 0 Å². The average Bonchev–Trinajstić information content (AvgIpc) is 3.29. The average molecular weight is 400 g/mol. The van der Waals surface area contributed by atoms with Gasteiger partial charge in [0.15, 0.2) is 16.8 Å². The molecule has 3 aromatic rings. The van der Waals surface area contributed by atoms with Crippen molar-refractivity contribution in [3.63, 3.8) is 0 Å². The summed E-state index contributed by atoms with van der Waals surface area (Å²) in [4.78, 5) is 14.0. The van der Waals surface area contributed by atoms with Crippen LogP contribution in [-0.4, -0.2) is 25.8 Å². The SMILES string of the molecule is CCn1c(S[C@@H](C)C(=O)c2ccc(C(C)(C)C)cc2)nnc1-c1cccs1. The van der Waals surface area contributed by atoms with Crippen LogP contribution in [0.25, 0.3) is 10.7 Å². The molecule has 1 aromatic carbocycles. The number of hydrogen-bond donors (Lipinski definition) is 0. The molecule has 0 aliphatic heterocycles. The van der Waals surface area contributed by atoms with E-state index in [0.29, 0.717) is 0 Å². The minimum Gasteiger partial charge on any atom is -0.302 e. The Kier molecular flexibility index (Phi) is 5.86. The predicted molar refractivity (Wildman–Crippen MR) is 114 cm³/mol. The number of thioether (sulfide) groups is 1. The highest BCUT2D eigenvalue weighted by molar-refractivity contribution is 8.00. The molecule has 0 radical (unpaired) electrons. The molecule has 142 valence electrons. The van der Waals surface area contributed by atoms with Crippen molar-refractivity contribution in [1.29, 1.82) is 0 Å². The quantitative estimate of drug-likeness (QED) is 0.395. The van der Waals surface area contributed by atoms with Gasteiger partial charge in [-0.3, -0.25) is 4.79 Å². The van der Waals surface area contributed by atoms with E-state index in [2.05, 4.69) is 42.5 Å². The van der Waals surface area contributed by atoms with Gasteiger partial charge in [-0.05, 0) is 36.3 Å². The summed E-state index contributed by atoms with van der Waals surface area (Å²) in [5, 5.41) is 11.3. The van der Waals surface area contributed by atoms with Gasteiger partial charge in [-0.1, -0.05) is 62.9 Å². The van der Waals surface area contributed by atoms with E-state index in [4.69, 9.17) is 0 Å². The van der Waals surface area contributed by atoms with Crippen LogP contribution in [0.2, 0.25) is 0 Å². The van der Waals surface area contributed by atoms with Crippen molar-refractivity contribution >= 4 is 28.9 Å². The first-order valence-corrected chi connectivity index (χ1v) is 10.9. The maximum absolute atomic E-state index is 12.9. The molecule has 2 heterocycles. The fourth-order valence-electron chi connectivity index (χ4n) is 2.83. The number of carbonyl (C=O) groups is 1. The Balaban J connectivity index is 1.77. The summed E-state index contributed by atoms with van der Waals surface area (Å²) in [6.07, 6.45) is 0. The molecule has 0 aliphatic rings. The Morgan fingerprint density at radius 3 is 2.44 bits per heavy atom. The van der Waals surface area contributed by atoms with Crippen molar-refractivity contribution < 1.29 is 4.79 Å². The van der Waals surface area contributed by atoms with Crippen LogP contribution < -0.4 is 0 Å². The summed E-state index contributed by atoms with van der Waals surface area (Å²) in [6, 6.07) is 12.0. The molecular formula is C21H25N3OS2. The lowest BCUT2D eigenvalue weighted by Crippen LogP contribution is -2.16. The van der Waals surface area contributed by atoms with Crippen LogP contribution in [0.15, 0.2) is 46.9 Å². The molecule has 0 unspecified atom stereocenters. The number of benzene rings is 1. The third-order valence-electron chi connectivity index (χ3n) is 4.46. The van der Waals surface area contributed by atoms with Crippen LogP contribution in [0.4, 0.5) is 0 Å². The maximum Gasteiger partial charge on any atom is 0.192 e. The minimum atomic E-state index is -0.226. The number of thiophene rings is 1. The number of rotatable bonds is 6. The van der Waals surface area contributed by atoms with E-state index in [-0.39, 0.29) is 16.4 Å². The van der Waals surface area contributed by atoms with E-state index in [1.807, 2.05) is 48.7 Å². The highest BCUT2D eigenvalue weighted by atomic mass is 32.2. The summed E-state index contributed by atoms with van der Waals surface area (Å²) in [6.45, 7) is 11.3. The molecule has 4 nitrogen and oxygen atoms in total. The number of hydrogen-bond acceptors (Lipinski definition) is 5. The van der Waals surface area contributed by atoms with Gasteiger partial charge >= 0.3 is 0 Å². The Hall–Kier alpha value is -1.92. The summed E-state index contributed by atoms with van der Waals surface area (Å²) in [5.41, 5.74) is 2.05. The van der Waals surface area contributed by atoms with Gasteiger partial charge in [0.2, 0.25) is 0 Å². The zero-order chi connectivity index (χ0) is 19.6. The van der Waals surface area contributed by atoms with Crippen LogP contribution >= 0.6 is 23.1 Å². The first kappa shape index (κ1) is 19.8. The van der Waals surface area contributed by atoms with E-state index >= 15 is 0 Å². The zero-order valence-electron chi connectivity index (χ0n) is 16.4. The lowest BCUT2D eigenvalue weighted by atomic mass is 9.86. The van der Waals surface area contributed by atoms with Gasteiger partial charge < -0.3 is 4.57 Å². The second-order valence-electron chi connectivity index (χ2n) is 7.48. The molecule has 0 spiro atoms. The van der Waals surface area contributed by atoms with E-state index in [9.17, 15) is 4.79 Å². The Labute approximate surface area is 169 Å². The lowest BCUT2D eigenvalue weighted by molar-refractivity contribution is 0.0993. The van der Waals surface area contributed by atoms with Crippen molar-refractivity contribution in [3.8, 4) is 10.7 Å². The number of ketones is 1. The number of carbonyl (C=O) groups excluding carboxylic acids is 1. The van der Waals surface area contributed by atoms with E-state index in [1.165, 1.54) is 17.3 Å². The zero-order valence-corrected chi connectivity index (χ0v) is 18.0. The van der Waals surface area contributed by atoms with Crippen LogP contribution in [0, 0.1) is 0 Å². The normalized spacial score (nSPS) is 12.9. The van der Waals surface area contributed by atoms with Crippen LogP contribution in [0.5, 0.6) is 0 Å². The summed E-state index contributed by atoms with van der Waals surface area (Å²) < 4.78 is 2.07. The van der Waals surface area contributed by atoms with Gasteiger partial charge in [0.1, 0.15) is 0 Å². The minimum absolute atomic E-state index is 0.0810. The maximum atomic E-state index is 12.9. The molecule has 0 amide bonds. The smallest absolute Gasteiger partial charge is 0.192 e. The van der Waals surface area contributed by atoms with Crippen LogP contribution in [-0.2, 0) is 12.0 Å². The Morgan fingerprint density at radius 2 is 1.89 bits per heavy atom. The van der Waals surface area contributed by atoms with E-state index in [1.54, 1.807) is 11.3 Å². The summed E-state index contributed by atoms with van der Waals surface area (Å²) in [5.74, 6) is 0.980. The largest absolute Gasteiger partial charge is 0.302 e. The molecule has 0 saturated carbocycles. The van der Waals surface area contributed by atoms with Gasteiger partial charge in [0.25, 0.3) is 0 Å². The van der Waals surface area contributed by atoms with Crippen LogP contribution in [0.3, 0.4) is 0 Å². The monoisotopic (exact) mass is 399 g/mol. The lowest BCUT2D eigenvalue weighted by Gasteiger charge is -2.19. The molecular weight excluding hydrogens is 374 g/mol. The molecule has 1 atom stereocenters. The molecule has 0 bridgehead atoms. The predicted octanol–water partition coefficient (Wildman–Crippen LogP) is 5.69. The van der Waals surface area contributed by atoms with Gasteiger partial charge in [-0.25, -0.2) is 0 Å². The molecule has 3 rings (SSSR count). The van der Waals surface area contributed by atoms with Crippen molar-refractivity contribution in [2.45, 2.75) is 57.0 Å². The number of nitrogens with zero attached hydrogens (tertiary/aromatic N) is 3. The van der Waals surface area contributed by atoms with Crippen molar-refractivity contribution in [1.82, 2.24) is 14.8 Å².